The summed E-state index contributed by atoms with van der Waals surface area (Å²) >= 11 is 4.57. The van der Waals surface area contributed by atoms with E-state index in [1.807, 2.05) is 18.2 Å². The Bertz CT molecular complexity index is 516. The summed E-state index contributed by atoms with van der Waals surface area (Å²) in [5, 5.41) is 8.18. The molecule has 0 atom stereocenters. The van der Waals surface area contributed by atoms with E-state index in [1.54, 1.807) is 7.11 Å². The zero-order valence-electron chi connectivity index (χ0n) is 9.44. The van der Waals surface area contributed by atoms with Crippen LogP contribution in [0.1, 0.15) is 12.5 Å². The molecule has 0 saturated carbocycles. The van der Waals surface area contributed by atoms with E-state index in [0.29, 0.717) is 20.6 Å². The molecule has 0 bridgehead atoms. The summed E-state index contributed by atoms with van der Waals surface area (Å²) < 4.78 is 11.6. The summed E-state index contributed by atoms with van der Waals surface area (Å²) in [5.74, 6) is 1.35. The molecule has 0 aliphatic rings. The first kappa shape index (κ1) is 12.3. The molecule has 1 heterocycles. The highest BCUT2D eigenvalue weighted by Crippen LogP contribution is 2.34. The minimum Gasteiger partial charge on any atom is -0.493 e. The molecule has 0 amide bonds. The lowest BCUT2D eigenvalue weighted by molar-refractivity contribution is 0.376. The van der Waals surface area contributed by atoms with Gasteiger partial charge in [-0.15, -0.1) is 5.10 Å². The molecule has 1 aromatic carbocycles. The number of aromatic nitrogens is 2. The van der Waals surface area contributed by atoms with Crippen LogP contribution >= 0.6 is 27.3 Å². The topological polar surface area (TPSA) is 44.2 Å². The van der Waals surface area contributed by atoms with Gasteiger partial charge in [-0.25, -0.2) is 0 Å². The van der Waals surface area contributed by atoms with Gasteiger partial charge in [-0.3, -0.25) is 0 Å². The number of halogens is 1. The number of benzene rings is 1. The van der Waals surface area contributed by atoms with Gasteiger partial charge in [-0.1, -0.05) is 18.1 Å². The predicted octanol–water partition coefficient (Wildman–Crippen LogP) is 3.66. The van der Waals surface area contributed by atoms with Crippen molar-refractivity contribution in [3.8, 4) is 16.7 Å². The number of methoxy groups -OCH3 is 1. The van der Waals surface area contributed by atoms with Crippen LogP contribution in [0.4, 0.5) is 0 Å². The monoisotopic (exact) mass is 314 g/mol. The van der Waals surface area contributed by atoms with Gasteiger partial charge >= 0.3 is 0 Å². The van der Waals surface area contributed by atoms with Crippen LogP contribution in [-0.2, 0) is 6.42 Å². The molecule has 0 fully saturated rings. The molecule has 1 aromatic heterocycles. The third-order valence-electron chi connectivity index (χ3n) is 2.22. The Morgan fingerprint density at radius 1 is 1.29 bits per heavy atom. The number of hydrogen-bond acceptors (Lipinski definition) is 5. The van der Waals surface area contributed by atoms with E-state index in [0.717, 1.165) is 6.42 Å². The van der Waals surface area contributed by atoms with Gasteiger partial charge < -0.3 is 9.47 Å². The molecule has 0 aliphatic heterocycles. The summed E-state index contributed by atoms with van der Waals surface area (Å²) in [4.78, 5) is 0. The van der Waals surface area contributed by atoms with E-state index in [9.17, 15) is 0 Å². The van der Waals surface area contributed by atoms with Crippen LogP contribution in [0.3, 0.4) is 0 Å². The van der Waals surface area contributed by atoms with Crippen LogP contribution in [-0.4, -0.2) is 17.3 Å². The van der Waals surface area contributed by atoms with Crippen molar-refractivity contribution in [3.05, 3.63) is 27.7 Å². The van der Waals surface area contributed by atoms with Gasteiger partial charge in [0.15, 0.2) is 15.4 Å². The van der Waals surface area contributed by atoms with Gasteiger partial charge in [0.25, 0.3) is 5.19 Å². The molecule has 0 saturated heterocycles. The van der Waals surface area contributed by atoms with Gasteiger partial charge in [0.05, 0.1) is 7.11 Å². The molecule has 6 heteroatoms. The number of nitrogens with zero attached hydrogens (tertiary/aromatic N) is 2. The van der Waals surface area contributed by atoms with E-state index in [4.69, 9.17) is 9.47 Å². The standard InChI is InChI=1S/C11H11BrN2O2S/c1-3-7-4-5-8(9(6-7)15-2)16-11-14-13-10(12)17-11/h4-6H,3H2,1-2H3. The predicted molar refractivity (Wildman–Crippen MR) is 70.1 cm³/mol. The van der Waals surface area contributed by atoms with Crippen LogP contribution in [0, 0.1) is 0 Å². The molecule has 0 unspecified atom stereocenters. The Kier molecular flexibility index (Phi) is 3.96. The molecule has 0 radical (unpaired) electrons. The Balaban J connectivity index is 2.26. The number of ether oxygens (including phenoxy) is 2. The number of aryl methyl sites for hydroxylation is 1. The molecule has 2 rings (SSSR count). The number of rotatable bonds is 4. The summed E-state index contributed by atoms with van der Waals surface area (Å²) in [5.41, 5.74) is 1.20. The van der Waals surface area contributed by atoms with E-state index in [1.165, 1.54) is 16.9 Å². The third-order valence-corrected chi connectivity index (χ3v) is 3.45. The molecular formula is C11H11BrN2O2S. The van der Waals surface area contributed by atoms with Crippen molar-refractivity contribution in [2.24, 2.45) is 0 Å². The summed E-state index contributed by atoms with van der Waals surface area (Å²) in [6, 6.07) is 5.85. The zero-order chi connectivity index (χ0) is 12.3. The molecule has 90 valence electrons. The Morgan fingerprint density at radius 2 is 2.12 bits per heavy atom. The van der Waals surface area contributed by atoms with E-state index < -0.39 is 0 Å². The maximum absolute atomic E-state index is 5.61. The van der Waals surface area contributed by atoms with Crippen molar-refractivity contribution >= 4 is 27.3 Å². The van der Waals surface area contributed by atoms with Crippen LogP contribution < -0.4 is 9.47 Å². The van der Waals surface area contributed by atoms with Crippen molar-refractivity contribution in [2.75, 3.05) is 7.11 Å². The maximum Gasteiger partial charge on any atom is 0.300 e. The van der Waals surface area contributed by atoms with E-state index in [2.05, 4.69) is 33.1 Å². The van der Waals surface area contributed by atoms with E-state index in [-0.39, 0.29) is 0 Å². The van der Waals surface area contributed by atoms with Gasteiger partial charge in [0, 0.05) is 0 Å². The first-order valence-corrected chi connectivity index (χ1v) is 6.67. The normalized spacial score (nSPS) is 10.3. The summed E-state index contributed by atoms with van der Waals surface area (Å²) in [6.07, 6.45) is 0.959. The maximum atomic E-state index is 5.61. The lowest BCUT2D eigenvalue weighted by atomic mass is 10.1. The summed E-state index contributed by atoms with van der Waals surface area (Å²) in [6.45, 7) is 2.09. The largest absolute Gasteiger partial charge is 0.493 e. The zero-order valence-corrected chi connectivity index (χ0v) is 11.8. The average Bonchev–Trinajstić information content (AvgIpc) is 2.75. The molecule has 0 N–H and O–H groups in total. The average molecular weight is 315 g/mol. The van der Waals surface area contributed by atoms with Crippen LogP contribution in [0.25, 0.3) is 0 Å². The second-order valence-electron chi connectivity index (χ2n) is 3.26. The van der Waals surface area contributed by atoms with Crippen molar-refractivity contribution < 1.29 is 9.47 Å². The lowest BCUT2D eigenvalue weighted by Crippen LogP contribution is -1.91. The fourth-order valence-electron chi connectivity index (χ4n) is 1.34. The highest BCUT2D eigenvalue weighted by molar-refractivity contribution is 9.11. The fraction of sp³-hybridized carbons (Fsp3) is 0.273. The second kappa shape index (κ2) is 5.46. The molecule has 0 spiro atoms. The first-order valence-electron chi connectivity index (χ1n) is 5.06. The van der Waals surface area contributed by atoms with Crippen LogP contribution in [0.5, 0.6) is 16.7 Å². The SMILES string of the molecule is CCc1ccc(Oc2nnc(Br)s2)c(OC)c1. The van der Waals surface area contributed by atoms with Crippen molar-refractivity contribution in [1.29, 1.82) is 0 Å². The highest BCUT2D eigenvalue weighted by atomic mass is 79.9. The second-order valence-corrected chi connectivity index (χ2v) is 5.48. The first-order chi connectivity index (χ1) is 8.22. The number of hydrogen-bond donors (Lipinski definition) is 0. The highest BCUT2D eigenvalue weighted by Gasteiger charge is 2.09. The molecule has 2 aromatic rings. The quantitative estimate of drug-likeness (QED) is 0.863. The molecule has 0 aliphatic carbocycles. The van der Waals surface area contributed by atoms with Crippen molar-refractivity contribution in [1.82, 2.24) is 10.2 Å². The Labute approximate surface area is 112 Å². The summed E-state index contributed by atoms with van der Waals surface area (Å²) in [7, 11) is 1.62. The van der Waals surface area contributed by atoms with Gasteiger partial charge in [-0.2, -0.15) is 0 Å². The van der Waals surface area contributed by atoms with Gasteiger partial charge in [0.1, 0.15) is 0 Å². The van der Waals surface area contributed by atoms with Crippen LogP contribution in [0.15, 0.2) is 22.1 Å². The Morgan fingerprint density at radius 3 is 2.71 bits per heavy atom. The molecule has 17 heavy (non-hydrogen) atoms. The minimum absolute atomic E-state index is 0.486. The lowest BCUT2D eigenvalue weighted by Gasteiger charge is -2.08. The third kappa shape index (κ3) is 2.95. The van der Waals surface area contributed by atoms with Crippen molar-refractivity contribution in [2.45, 2.75) is 13.3 Å². The smallest absolute Gasteiger partial charge is 0.300 e. The fourth-order valence-corrected chi connectivity index (χ4v) is 2.28. The molecule has 4 nitrogen and oxygen atoms in total. The molecular weight excluding hydrogens is 304 g/mol. The van der Waals surface area contributed by atoms with Crippen molar-refractivity contribution in [3.63, 3.8) is 0 Å². The van der Waals surface area contributed by atoms with Gasteiger partial charge in [-0.05, 0) is 51.4 Å². The van der Waals surface area contributed by atoms with E-state index >= 15 is 0 Å². The minimum atomic E-state index is 0.486. The van der Waals surface area contributed by atoms with Gasteiger partial charge in [0.2, 0.25) is 0 Å². The van der Waals surface area contributed by atoms with Crippen LogP contribution in [0.2, 0.25) is 0 Å². The Hall–Kier alpha value is -1.14.